The highest BCUT2D eigenvalue weighted by Crippen LogP contribution is 2.42. The normalized spacial score (nSPS) is 20.5. The number of pyridine rings is 1. The lowest BCUT2D eigenvalue weighted by molar-refractivity contribution is 0.0318. The fraction of sp³-hybridized carbons (Fsp3) is 0.469. The average Bonchev–Trinajstić information content (AvgIpc) is 3.37. The molecule has 1 aliphatic heterocycles. The number of ether oxygens (including phenoxy) is 1. The van der Waals surface area contributed by atoms with Crippen molar-refractivity contribution < 1.29 is 9.53 Å². The van der Waals surface area contributed by atoms with Gasteiger partial charge in [-0.05, 0) is 72.2 Å². The number of fused-ring (bicyclic) bond motifs is 2. The Hall–Kier alpha value is -3.20. The third-order valence-corrected chi connectivity index (χ3v) is 9.06. The zero-order chi connectivity index (χ0) is 28.3. The summed E-state index contributed by atoms with van der Waals surface area (Å²) in [5, 5.41) is 4.52. The van der Waals surface area contributed by atoms with Crippen LogP contribution in [0.25, 0.3) is 11.6 Å². The van der Waals surface area contributed by atoms with E-state index in [4.69, 9.17) is 21.3 Å². The lowest BCUT2D eigenvalue weighted by Gasteiger charge is -2.36. The van der Waals surface area contributed by atoms with Gasteiger partial charge in [0.05, 0.1) is 18.1 Å². The lowest BCUT2D eigenvalue weighted by Crippen LogP contribution is -2.52. The number of halogens is 1. The summed E-state index contributed by atoms with van der Waals surface area (Å²) < 4.78 is 7.88. The number of piperazine rings is 1. The quantitative estimate of drug-likeness (QED) is 0.398. The Morgan fingerprint density at radius 3 is 2.71 bits per heavy atom. The van der Waals surface area contributed by atoms with E-state index in [0.29, 0.717) is 24.8 Å². The molecular weight excluding hydrogens is 536 g/mol. The van der Waals surface area contributed by atoms with Crippen LogP contribution in [0.15, 0.2) is 49.1 Å². The second-order valence-electron chi connectivity index (χ2n) is 11.5. The SMILES string of the molecule is C[C@H](C1=Cc2cccnc2[C@H](NCN2CCN(C(=O)OC3CCCCC3)CC2)c2ccc(Cl)cc21)c1cncn1C. The topological polar surface area (TPSA) is 75.5 Å². The van der Waals surface area contributed by atoms with Gasteiger partial charge >= 0.3 is 6.09 Å². The number of aromatic nitrogens is 3. The van der Waals surface area contributed by atoms with Crippen molar-refractivity contribution >= 4 is 29.3 Å². The summed E-state index contributed by atoms with van der Waals surface area (Å²) in [6.45, 7) is 5.84. The first kappa shape index (κ1) is 27.9. The number of nitrogens with zero attached hydrogens (tertiary/aromatic N) is 5. The van der Waals surface area contributed by atoms with Crippen LogP contribution in [-0.2, 0) is 11.8 Å². The van der Waals surface area contributed by atoms with E-state index in [2.05, 4.69) is 51.0 Å². The molecule has 2 atom stereocenters. The van der Waals surface area contributed by atoms with Gasteiger partial charge in [-0.25, -0.2) is 9.78 Å². The van der Waals surface area contributed by atoms with Gasteiger partial charge in [0.2, 0.25) is 0 Å². The highest BCUT2D eigenvalue weighted by molar-refractivity contribution is 6.30. The number of carbonyl (C=O) groups excluding carboxylic acids is 1. The first-order valence-electron chi connectivity index (χ1n) is 14.8. The molecule has 1 aromatic carbocycles. The van der Waals surface area contributed by atoms with Crippen molar-refractivity contribution in [3.8, 4) is 0 Å². The third-order valence-electron chi connectivity index (χ3n) is 8.83. The Labute approximate surface area is 247 Å². The smallest absolute Gasteiger partial charge is 0.410 e. The zero-order valence-corrected chi connectivity index (χ0v) is 24.7. The Morgan fingerprint density at radius 1 is 1.15 bits per heavy atom. The van der Waals surface area contributed by atoms with Crippen LogP contribution in [0.2, 0.25) is 5.02 Å². The number of allylic oxidation sites excluding steroid dienone is 1. The van der Waals surface area contributed by atoms with Crippen molar-refractivity contribution in [1.82, 2.24) is 29.7 Å². The summed E-state index contributed by atoms with van der Waals surface area (Å²) in [7, 11) is 2.03. The molecule has 1 N–H and O–H groups in total. The van der Waals surface area contributed by atoms with Crippen LogP contribution in [0.3, 0.4) is 0 Å². The molecule has 0 bridgehead atoms. The van der Waals surface area contributed by atoms with E-state index in [9.17, 15) is 4.79 Å². The number of imidazole rings is 1. The molecule has 1 saturated heterocycles. The number of aryl methyl sites for hydroxylation is 1. The van der Waals surface area contributed by atoms with E-state index >= 15 is 0 Å². The average molecular weight is 575 g/mol. The second-order valence-corrected chi connectivity index (χ2v) is 11.9. The largest absolute Gasteiger partial charge is 0.446 e. The van der Waals surface area contributed by atoms with Crippen molar-refractivity contribution in [1.29, 1.82) is 0 Å². The van der Waals surface area contributed by atoms with Gasteiger partial charge in [0.25, 0.3) is 0 Å². The summed E-state index contributed by atoms with van der Waals surface area (Å²) in [5.74, 6) is 0.105. The standard InChI is InChI=1S/C32H39ClN6O2/c1-22(29-19-34-20-37(29)2)27-17-23-7-6-12-35-30(23)31(26-11-10-24(33)18-28(26)27)36-21-38-13-15-39(16-14-38)32(40)41-25-8-4-3-5-9-25/h6-7,10-12,17-20,22,25,31,36H,3-5,8-9,13-16,21H2,1-2H3/t22-,31-/m1/s1. The van der Waals surface area contributed by atoms with Crippen LogP contribution in [-0.4, -0.2) is 69.4 Å². The number of benzene rings is 1. The van der Waals surface area contributed by atoms with Gasteiger partial charge in [-0.3, -0.25) is 15.2 Å². The molecule has 3 aliphatic rings. The Kier molecular flexibility index (Phi) is 8.42. The van der Waals surface area contributed by atoms with Gasteiger partial charge in [-0.2, -0.15) is 0 Å². The predicted molar refractivity (Wildman–Crippen MR) is 162 cm³/mol. The maximum absolute atomic E-state index is 12.7. The Bertz CT molecular complexity index is 1410. The summed E-state index contributed by atoms with van der Waals surface area (Å²) in [5.41, 5.74) is 6.70. The molecule has 3 aromatic rings. The molecule has 216 valence electrons. The first-order valence-corrected chi connectivity index (χ1v) is 15.2. The molecule has 8 nitrogen and oxygen atoms in total. The minimum atomic E-state index is -0.154. The van der Waals surface area contributed by atoms with E-state index in [0.717, 1.165) is 66.9 Å². The van der Waals surface area contributed by atoms with Crippen molar-refractivity contribution in [3.63, 3.8) is 0 Å². The third kappa shape index (κ3) is 6.05. The number of rotatable bonds is 6. The number of hydrogen-bond acceptors (Lipinski definition) is 6. The number of amides is 1. The molecule has 0 spiro atoms. The maximum Gasteiger partial charge on any atom is 0.410 e. The summed E-state index contributed by atoms with van der Waals surface area (Å²) in [6, 6.07) is 10.2. The molecule has 0 unspecified atom stereocenters. The van der Waals surface area contributed by atoms with Gasteiger partial charge in [0, 0.05) is 68.9 Å². The van der Waals surface area contributed by atoms with E-state index in [1.54, 1.807) is 0 Å². The van der Waals surface area contributed by atoms with E-state index < -0.39 is 0 Å². The van der Waals surface area contributed by atoms with Gasteiger partial charge in [-0.1, -0.05) is 37.1 Å². The molecule has 1 amide bonds. The monoisotopic (exact) mass is 574 g/mol. The molecule has 9 heteroatoms. The maximum atomic E-state index is 12.7. The van der Waals surface area contributed by atoms with Gasteiger partial charge in [0.15, 0.2) is 0 Å². The van der Waals surface area contributed by atoms with E-state index in [-0.39, 0.29) is 24.2 Å². The van der Waals surface area contributed by atoms with Gasteiger partial charge < -0.3 is 14.2 Å². The summed E-state index contributed by atoms with van der Waals surface area (Å²) in [6.07, 6.45) is 13.4. The van der Waals surface area contributed by atoms with Crippen LogP contribution in [0.4, 0.5) is 4.79 Å². The molecule has 6 rings (SSSR count). The minimum Gasteiger partial charge on any atom is -0.446 e. The predicted octanol–water partition coefficient (Wildman–Crippen LogP) is 5.85. The molecule has 41 heavy (non-hydrogen) atoms. The highest BCUT2D eigenvalue weighted by atomic mass is 35.5. The number of carbonyl (C=O) groups is 1. The fourth-order valence-electron chi connectivity index (χ4n) is 6.43. The molecule has 2 aromatic heterocycles. The van der Waals surface area contributed by atoms with Gasteiger partial charge in [0.1, 0.15) is 6.10 Å². The molecular formula is C32H39ClN6O2. The van der Waals surface area contributed by atoms with E-state index in [1.807, 2.05) is 42.8 Å². The lowest BCUT2D eigenvalue weighted by atomic mass is 9.87. The molecule has 3 heterocycles. The molecule has 1 saturated carbocycles. The molecule has 2 aliphatic carbocycles. The van der Waals surface area contributed by atoms with Crippen LogP contribution in [0.1, 0.15) is 79.1 Å². The highest BCUT2D eigenvalue weighted by Gasteiger charge is 2.30. The van der Waals surface area contributed by atoms with Crippen LogP contribution >= 0.6 is 11.6 Å². The van der Waals surface area contributed by atoms with Crippen LogP contribution < -0.4 is 5.32 Å². The number of nitrogens with one attached hydrogen (secondary N) is 1. The zero-order valence-electron chi connectivity index (χ0n) is 23.9. The van der Waals surface area contributed by atoms with Crippen LogP contribution in [0.5, 0.6) is 0 Å². The Balaban J connectivity index is 1.19. The number of hydrogen-bond donors (Lipinski definition) is 1. The minimum absolute atomic E-state index is 0.0893. The van der Waals surface area contributed by atoms with Crippen LogP contribution in [0, 0.1) is 0 Å². The van der Waals surface area contributed by atoms with E-state index in [1.165, 1.54) is 12.0 Å². The van der Waals surface area contributed by atoms with Crippen molar-refractivity contribution in [2.75, 3.05) is 32.8 Å². The molecule has 0 radical (unpaired) electrons. The van der Waals surface area contributed by atoms with Crippen molar-refractivity contribution in [2.24, 2.45) is 7.05 Å². The fourth-order valence-corrected chi connectivity index (χ4v) is 6.61. The first-order chi connectivity index (χ1) is 20.0. The van der Waals surface area contributed by atoms with Crippen molar-refractivity contribution in [2.45, 2.75) is 57.1 Å². The Morgan fingerprint density at radius 2 is 1.95 bits per heavy atom. The molecule has 2 fully saturated rings. The van der Waals surface area contributed by atoms with Gasteiger partial charge in [-0.15, -0.1) is 0 Å². The van der Waals surface area contributed by atoms with Crippen molar-refractivity contribution in [3.05, 3.63) is 82.2 Å². The summed E-state index contributed by atoms with van der Waals surface area (Å²) in [4.78, 5) is 26.2. The second kappa shape index (κ2) is 12.3. The summed E-state index contributed by atoms with van der Waals surface area (Å²) >= 11 is 6.58.